The number of nitrogens with two attached hydrogens (primary N) is 1. The summed E-state index contributed by atoms with van der Waals surface area (Å²) in [6, 6.07) is 14.4. The molecule has 5 nitrogen and oxygen atoms in total. The van der Waals surface area contributed by atoms with Gasteiger partial charge in [0.25, 0.3) is 0 Å². The number of benzene rings is 2. The Hall–Kier alpha value is -1.96. The lowest BCUT2D eigenvalue weighted by molar-refractivity contribution is 0.598. The van der Waals surface area contributed by atoms with Gasteiger partial charge in [-0.15, -0.1) is 0 Å². The highest BCUT2D eigenvalue weighted by Crippen LogP contribution is 2.15. The van der Waals surface area contributed by atoms with Crippen molar-refractivity contribution >= 4 is 33.0 Å². The first-order valence-electron chi connectivity index (χ1n) is 7.02. The van der Waals surface area contributed by atoms with Gasteiger partial charge in [0.05, 0.1) is 10.9 Å². The van der Waals surface area contributed by atoms with Gasteiger partial charge in [0, 0.05) is 5.69 Å². The van der Waals surface area contributed by atoms with E-state index in [4.69, 9.17) is 17.4 Å². The van der Waals surface area contributed by atoms with E-state index >= 15 is 0 Å². The molecule has 0 aromatic heterocycles. The van der Waals surface area contributed by atoms with E-state index < -0.39 is 10.0 Å². The molecule has 2 aromatic rings. The van der Waals surface area contributed by atoms with E-state index in [0.29, 0.717) is 10.8 Å². The maximum Gasteiger partial charge on any atom is 0.238 e. The lowest BCUT2D eigenvalue weighted by Crippen LogP contribution is -2.30. The van der Waals surface area contributed by atoms with Crippen molar-refractivity contribution in [3.63, 3.8) is 0 Å². The normalized spacial score (nSPS) is 12.5. The summed E-state index contributed by atoms with van der Waals surface area (Å²) in [7, 11) is -3.68. The van der Waals surface area contributed by atoms with E-state index in [1.807, 2.05) is 13.8 Å². The van der Waals surface area contributed by atoms with E-state index in [9.17, 15) is 8.42 Å². The van der Waals surface area contributed by atoms with E-state index in [2.05, 4.69) is 34.9 Å². The molecule has 0 saturated carbocycles. The fourth-order valence-corrected chi connectivity index (χ4v) is 2.84. The third-order valence-corrected chi connectivity index (χ3v) is 4.51. The molecule has 2 rings (SSSR count). The first-order valence-corrected chi connectivity index (χ1v) is 8.98. The van der Waals surface area contributed by atoms with Gasteiger partial charge in [-0.3, -0.25) is 0 Å². The van der Waals surface area contributed by atoms with Gasteiger partial charge in [0.2, 0.25) is 10.0 Å². The fourth-order valence-electron chi connectivity index (χ4n) is 2.03. The molecule has 0 saturated heterocycles. The minimum absolute atomic E-state index is 0.0549. The molecular formula is C16H19N3O2S2. The maximum absolute atomic E-state index is 11.2. The van der Waals surface area contributed by atoms with Crippen LogP contribution in [0, 0.1) is 6.92 Å². The topological polar surface area (TPSA) is 84.2 Å². The van der Waals surface area contributed by atoms with Crippen molar-refractivity contribution in [2.45, 2.75) is 24.8 Å². The van der Waals surface area contributed by atoms with Gasteiger partial charge in [-0.1, -0.05) is 29.8 Å². The van der Waals surface area contributed by atoms with Crippen LogP contribution in [0.2, 0.25) is 0 Å². The maximum atomic E-state index is 11.2. The van der Waals surface area contributed by atoms with Crippen LogP contribution in [0.5, 0.6) is 0 Å². The Morgan fingerprint density at radius 3 is 2.17 bits per heavy atom. The Morgan fingerprint density at radius 2 is 1.65 bits per heavy atom. The number of aryl methyl sites for hydroxylation is 1. The van der Waals surface area contributed by atoms with Gasteiger partial charge in [-0.05, 0) is 55.9 Å². The third kappa shape index (κ3) is 5.02. The SMILES string of the molecule is Cc1ccc(C(C)NC(=S)Nc2ccc(S(N)(=O)=O)cc2)cc1. The molecule has 0 fully saturated rings. The summed E-state index contributed by atoms with van der Waals surface area (Å²) in [4.78, 5) is 0.0648. The molecule has 1 unspecified atom stereocenters. The molecule has 4 N–H and O–H groups in total. The molecule has 0 radical (unpaired) electrons. The summed E-state index contributed by atoms with van der Waals surface area (Å²) >= 11 is 5.28. The van der Waals surface area contributed by atoms with Gasteiger partial charge < -0.3 is 10.6 Å². The van der Waals surface area contributed by atoms with Crippen molar-refractivity contribution in [3.05, 3.63) is 59.7 Å². The molecule has 0 aliphatic carbocycles. The van der Waals surface area contributed by atoms with Crippen LogP contribution in [0.15, 0.2) is 53.4 Å². The minimum Gasteiger partial charge on any atom is -0.356 e. The fraction of sp³-hybridized carbons (Fsp3) is 0.188. The number of thiocarbonyl (C=S) groups is 1. The highest BCUT2D eigenvalue weighted by atomic mass is 32.2. The number of primary sulfonamides is 1. The Morgan fingerprint density at radius 1 is 1.09 bits per heavy atom. The van der Waals surface area contributed by atoms with Crippen LogP contribution >= 0.6 is 12.2 Å². The van der Waals surface area contributed by atoms with Gasteiger partial charge in [-0.2, -0.15) is 0 Å². The van der Waals surface area contributed by atoms with Gasteiger partial charge in [0.1, 0.15) is 0 Å². The zero-order valence-electron chi connectivity index (χ0n) is 12.9. The molecule has 122 valence electrons. The summed E-state index contributed by atoms with van der Waals surface area (Å²) in [6.07, 6.45) is 0. The van der Waals surface area contributed by atoms with E-state index in [0.717, 1.165) is 5.56 Å². The second-order valence-electron chi connectivity index (χ2n) is 5.30. The summed E-state index contributed by atoms with van der Waals surface area (Å²) in [5.41, 5.74) is 3.02. The van der Waals surface area contributed by atoms with Gasteiger partial charge in [-0.25, -0.2) is 13.6 Å². The van der Waals surface area contributed by atoms with Crippen molar-refractivity contribution in [2.75, 3.05) is 5.32 Å². The van der Waals surface area contributed by atoms with Crippen LogP contribution in [0.1, 0.15) is 24.1 Å². The number of hydrogen-bond donors (Lipinski definition) is 3. The zero-order valence-corrected chi connectivity index (χ0v) is 14.5. The second kappa shape index (κ2) is 7.08. The number of rotatable bonds is 4. The highest BCUT2D eigenvalue weighted by Gasteiger charge is 2.09. The van der Waals surface area contributed by atoms with E-state index in [1.165, 1.54) is 17.7 Å². The van der Waals surface area contributed by atoms with Crippen molar-refractivity contribution < 1.29 is 8.42 Å². The minimum atomic E-state index is -3.68. The average Bonchev–Trinajstić information content (AvgIpc) is 2.47. The first kappa shape index (κ1) is 17.4. The molecule has 0 heterocycles. The summed E-state index contributed by atoms with van der Waals surface area (Å²) < 4.78 is 22.4. The van der Waals surface area contributed by atoms with Crippen molar-refractivity contribution in [1.29, 1.82) is 0 Å². The molecule has 1 atom stereocenters. The van der Waals surface area contributed by atoms with Crippen molar-refractivity contribution in [1.82, 2.24) is 5.32 Å². The molecule has 0 aliphatic heterocycles. The average molecular weight is 349 g/mol. The number of anilines is 1. The first-order chi connectivity index (χ1) is 10.8. The molecule has 7 heteroatoms. The zero-order chi connectivity index (χ0) is 17.0. The molecule has 2 aromatic carbocycles. The highest BCUT2D eigenvalue weighted by molar-refractivity contribution is 7.89. The lowest BCUT2D eigenvalue weighted by Gasteiger charge is -2.17. The smallest absolute Gasteiger partial charge is 0.238 e. The molecule has 0 amide bonds. The monoisotopic (exact) mass is 349 g/mol. The number of hydrogen-bond acceptors (Lipinski definition) is 3. The predicted molar refractivity (Wildman–Crippen MR) is 96.8 cm³/mol. The van der Waals surface area contributed by atoms with Gasteiger partial charge >= 0.3 is 0 Å². The van der Waals surface area contributed by atoms with Crippen LogP contribution in [-0.4, -0.2) is 13.5 Å². The molecule has 0 spiro atoms. The van der Waals surface area contributed by atoms with E-state index in [1.54, 1.807) is 12.1 Å². The van der Waals surface area contributed by atoms with E-state index in [-0.39, 0.29) is 10.9 Å². The van der Waals surface area contributed by atoms with Crippen LogP contribution in [0.3, 0.4) is 0 Å². The summed E-state index contributed by atoms with van der Waals surface area (Å²) in [6.45, 7) is 4.06. The van der Waals surface area contributed by atoms with Crippen molar-refractivity contribution in [2.24, 2.45) is 5.14 Å². The largest absolute Gasteiger partial charge is 0.356 e. The third-order valence-electron chi connectivity index (χ3n) is 3.37. The van der Waals surface area contributed by atoms with Crippen LogP contribution in [0.25, 0.3) is 0 Å². The van der Waals surface area contributed by atoms with Gasteiger partial charge in [0.15, 0.2) is 5.11 Å². The van der Waals surface area contributed by atoms with Crippen LogP contribution in [-0.2, 0) is 10.0 Å². The Bertz CT molecular complexity index is 785. The summed E-state index contributed by atoms with van der Waals surface area (Å²) in [5.74, 6) is 0. The summed E-state index contributed by atoms with van der Waals surface area (Å²) in [5, 5.41) is 11.7. The Balaban J connectivity index is 1.98. The molecule has 23 heavy (non-hydrogen) atoms. The second-order valence-corrected chi connectivity index (χ2v) is 7.27. The standard InChI is InChI=1S/C16H19N3O2S2/c1-11-3-5-13(6-4-11)12(2)18-16(22)19-14-7-9-15(10-8-14)23(17,20)21/h3-10,12H,1-2H3,(H2,17,20,21)(H2,18,19,22). The number of sulfonamides is 1. The van der Waals surface area contributed by atoms with Crippen LogP contribution < -0.4 is 15.8 Å². The quantitative estimate of drug-likeness (QED) is 0.739. The molecule has 0 aliphatic rings. The van der Waals surface area contributed by atoms with Crippen LogP contribution in [0.4, 0.5) is 5.69 Å². The van der Waals surface area contributed by atoms with Crippen molar-refractivity contribution in [3.8, 4) is 0 Å². The molecule has 0 bridgehead atoms. The molecular weight excluding hydrogens is 330 g/mol. The lowest BCUT2D eigenvalue weighted by atomic mass is 10.1. The number of nitrogens with one attached hydrogen (secondary N) is 2. The predicted octanol–water partition coefficient (Wildman–Crippen LogP) is 2.69. The Labute approximate surface area is 142 Å². The Kier molecular flexibility index (Phi) is 5.35.